The standard InChI is InChI=1S/C18H24N4O3/c1-12(2)14-11-15(20-19-14)17(23)21-9-6-13(7-10-21)22-8-4-5-16(22)18(24)25-3/h4-5,8,11-13H,6-7,9-10H2,1-3H3,(H,19,20). The number of carbonyl (C=O) groups excluding carboxylic acids is 2. The van der Waals surface area contributed by atoms with Gasteiger partial charge in [-0.15, -0.1) is 0 Å². The van der Waals surface area contributed by atoms with E-state index in [2.05, 4.69) is 24.0 Å². The van der Waals surface area contributed by atoms with Crippen LogP contribution in [0.2, 0.25) is 0 Å². The Kier molecular flexibility index (Phi) is 4.92. The summed E-state index contributed by atoms with van der Waals surface area (Å²) in [4.78, 5) is 26.3. The molecule has 1 fully saturated rings. The van der Waals surface area contributed by atoms with Crippen LogP contribution in [0.15, 0.2) is 24.4 Å². The van der Waals surface area contributed by atoms with Crippen molar-refractivity contribution in [1.82, 2.24) is 19.7 Å². The number of rotatable bonds is 4. The van der Waals surface area contributed by atoms with Crippen molar-refractivity contribution < 1.29 is 14.3 Å². The quantitative estimate of drug-likeness (QED) is 0.865. The summed E-state index contributed by atoms with van der Waals surface area (Å²) in [5, 5.41) is 7.08. The minimum Gasteiger partial charge on any atom is -0.464 e. The highest BCUT2D eigenvalue weighted by Gasteiger charge is 2.27. The number of nitrogens with zero attached hydrogens (tertiary/aromatic N) is 3. The number of aromatic nitrogens is 3. The van der Waals surface area contributed by atoms with E-state index in [-0.39, 0.29) is 17.9 Å². The molecule has 1 aliphatic heterocycles. The van der Waals surface area contributed by atoms with Crippen molar-refractivity contribution in [3.63, 3.8) is 0 Å². The van der Waals surface area contributed by atoms with E-state index >= 15 is 0 Å². The molecule has 0 aromatic carbocycles. The zero-order valence-electron chi connectivity index (χ0n) is 14.9. The highest BCUT2D eigenvalue weighted by atomic mass is 16.5. The van der Waals surface area contributed by atoms with E-state index in [1.807, 2.05) is 27.8 Å². The lowest BCUT2D eigenvalue weighted by Gasteiger charge is -2.33. The molecule has 0 unspecified atom stereocenters. The van der Waals surface area contributed by atoms with E-state index in [9.17, 15) is 9.59 Å². The van der Waals surface area contributed by atoms with Crippen LogP contribution >= 0.6 is 0 Å². The minimum atomic E-state index is -0.332. The molecule has 7 nitrogen and oxygen atoms in total. The molecule has 1 amide bonds. The number of hydrogen-bond donors (Lipinski definition) is 1. The van der Waals surface area contributed by atoms with E-state index in [0.29, 0.717) is 30.4 Å². The van der Waals surface area contributed by atoms with Crippen LogP contribution < -0.4 is 0 Å². The van der Waals surface area contributed by atoms with Crippen molar-refractivity contribution in [2.75, 3.05) is 20.2 Å². The second kappa shape index (κ2) is 7.13. The van der Waals surface area contributed by atoms with E-state index in [1.54, 1.807) is 6.07 Å². The summed E-state index contributed by atoms with van der Waals surface area (Å²) in [6.45, 7) is 5.41. The van der Waals surface area contributed by atoms with Crippen LogP contribution in [0.5, 0.6) is 0 Å². The van der Waals surface area contributed by atoms with Crippen LogP contribution in [0.1, 0.15) is 65.3 Å². The fourth-order valence-electron chi connectivity index (χ4n) is 3.24. The maximum atomic E-state index is 12.6. The normalized spacial score (nSPS) is 15.6. The van der Waals surface area contributed by atoms with Crippen LogP contribution in [0, 0.1) is 0 Å². The van der Waals surface area contributed by atoms with Crippen LogP contribution in [0.4, 0.5) is 0 Å². The third-order valence-electron chi connectivity index (χ3n) is 4.76. The zero-order valence-corrected chi connectivity index (χ0v) is 14.9. The lowest BCUT2D eigenvalue weighted by atomic mass is 10.0. The Morgan fingerprint density at radius 3 is 2.64 bits per heavy atom. The third-order valence-corrected chi connectivity index (χ3v) is 4.76. The molecular weight excluding hydrogens is 320 g/mol. The van der Waals surface area contributed by atoms with Gasteiger partial charge in [0.25, 0.3) is 5.91 Å². The van der Waals surface area contributed by atoms with Gasteiger partial charge in [0.15, 0.2) is 0 Å². The minimum absolute atomic E-state index is 0.0395. The Labute approximate surface area is 147 Å². The molecule has 0 saturated carbocycles. The number of likely N-dealkylation sites (tertiary alicyclic amines) is 1. The fourth-order valence-corrected chi connectivity index (χ4v) is 3.24. The van der Waals surface area contributed by atoms with Crippen molar-refractivity contribution >= 4 is 11.9 Å². The molecule has 1 N–H and O–H groups in total. The third kappa shape index (κ3) is 3.45. The van der Waals surface area contributed by atoms with Crippen LogP contribution in [0.25, 0.3) is 0 Å². The Hall–Kier alpha value is -2.57. The Morgan fingerprint density at radius 2 is 2.04 bits per heavy atom. The molecule has 1 saturated heterocycles. The summed E-state index contributed by atoms with van der Waals surface area (Å²) in [7, 11) is 1.39. The van der Waals surface area contributed by atoms with Crippen LogP contribution in [0.3, 0.4) is 0 Å². The van der Waals surface area contributed by atoms with Gasteiger partial charge in [-0.1, -0.05) is 13.8 Å². The predicted molar refractivity (Wildman–Crippen MR) is 92.6 cm³/mol. The molecule has 25 heavy (non-hydrogen) atoms. The summed E-state index contributed by atoms with van der Waals surface area (Å²) < 4.78 is 6.79. The first-order chi connectivity index (χ1) is 12.0. The molecule has 3 rings (SSSR count). The van der Waals surface area contributed by atoms with E-state index in [0.717, 1.165) is 18.5 Å². The number of nitrogens with one attached hydrogen (secondary N) is 1. The summed E-state index contributed by atoms with van der Waals surface area (Å²) in [5.41, 5.74) is 1.99. The van der Waals surface area contributed by atoms with Crippen molar-refractivity contribution in [3.05, 3.63) is 41.5 Å². The first-order valence-electron chi connectivity index (χ1n) is 8.61. The second-order valence-electron chi connectivity index (χ2n) is 6.68. The van der Waals surface area contributed by atoms with Gasteiger partial charge < -0.3 is 14.2 Å². The molecule has 2 aromatic heterocycles. The maximum Gasteiger partial charge on any atom is 0.354 e. The number of esters is 1. The number of carbonyl (C=O) groups is 2. The highest BCUT2D eigenvalue weighted by molar-refractivity contribution is 5.92. The van der Waals surface area contributed by atoms with Crippen molar-refractivity contribution in [1.29, 1.82) is 0 Å². The molecule has 3 heterocycles. The van der Waals surface area contributed by atoms with Crippen molar-refractivity contribution in [2.45, 2.75) is 38.6 Å². The first kappa shape index (κ1) is 17.3. The van der Waals surface area contributed by atoms with E-state index in [4.69, 9.17) is 4.74 Å². The van der Waals surface area contributed by atoms with Crippen molar-refractivity contribution in [2.24, 2.45) is 0 Å². The van der Waals surface area contributed by atoms with E-state index in [1.165, 1.54) is 7.11 Å². The number of aromatic amines is 1. The first-order valence-corrected chi connectivity index (χ1v) is 8.61. The monoisotopic (exact) mass is 344 g/mol. The summed E-state index contributed by atoms with van der Waals surface area (Å²) >= 11 is 0. The Morgan fingerprint density at radius 1 is 1.32 bits per heavy atom. The smallest absolute Gasteiger partial charge is 0.354 e. The lowest BCUT2D eigenvalue weighted by molar-refractivity contribution is 0.0573. The van der Waals surface area contributed by atoms with Gasteiger partial charge in [-0.05, 0) is 37.0 Å². The highest BCUT2D eigenvalue weighted by Crippen LogP contribution is 2.26. The zero-order chi connectivity index (χ0) is 18.0. The Bertz CT molecular complexity index is 754. The number of piperidine rings is 1. The van der Waals surface area contributed by atoms with Gasteiger partial charge >= 0.3 is 5.97 Å². The number of amides is 1. The summed E-state index contributed by atoms with van der Waals surface area (Å²) in [5.74, 6) is -0.0613. The van der Waals surface area contributed by atoms with Gasteiger partial charge in [-0.25, -0.2) is 4.79 Å². The van der Waals surface area contributed by atoms with Crippen LogP contribution in [-0.2, 0) is 4.74 Å². The number of hydrogen-bond acceptors (Lipinski definition) is 4. The van der Waals surface area contributed by atoms with Crippen molar-refractivity contribution in [3.8, 4) is 0 Å². The topological polar surface area (TPSA) is 80.2 Å². The lowest BCUT2D eigenvalue weighted by Crippen LogP contribution is -2.39. The summed E-state index contributed by atoms with van der Waals surface area (Å²) in [6.07, 6.45) is 3.49. The molecule has 0 bridgehead atoms. The molecule has 1 aliphatic rings. The summed E-state index contributed by atoms with van der Waals surface area (Å²) in [6, 6.07) is 5.64. The number of ether oxygens (including phenoxy) is 1. The fraction of sp³-hybridized carbons (Fsp3) is 0.500. The molecule has 0 radical (unpaired) electrons. The molecule has 0 atom stereocenters. The van der Waals surface area contributed by atoms with Gasteiger partial charge in [0.1, 0.15) is 11.4 Å². The average Bonchev–Trinajstić information content (AvgIpc) is 3.30. The average molecular weight is 344 g/mol. The molecule has 0 spiro atoms. The molecular formula is C18H24N4O3. The SMILES string of the molecule is COC(=O)c1cccn1C1CCN(C(=O)c2cc(C(C)C)[nH]n2)CC1. The molecule has 0 aliphatic carbocycles. The molecule has 134 valence electrons. The van der Waals surface area contributed by atoms with E-state index < -0.39 is 0 Å². The number of methoxy groups -OCH3 is 1. The Balaban J connectivity index is 1.64. The van der Waals surface area contributed by atoms with Gasteiger partial charge in [-0.3, -0.25) is 9.89 Å². The maximum absolute atomic E-state index is 12.6. The molecule has 2 aromatic rings. The number of H-pyrrole nitrogens is 1. The van der Waals surface area contributed by atoms with Gasteiger partial charge in [0.05, 0.1) is 7.11 Å². The van der Waals surface area contributed by atoms with Crippen LogP contribution in [-0.4, -0.2) is 51.7 Å². The molecule has 7 heteroatoms. The van der Waals surface area contributed by atoms with Gasteiger partial charge in [0.2, 0.25) is 0 Å². The van der Waals surface area contributed by atoms with Gasteiger partial charge in [-0.2, -0.15) is 5.10 Å². The van der Waals surface area contributed by atoms with Gasteiger partial charge in [0, 0.05) is 31.0 Å². The predicted octanol–water partition coefficient (Wildman–Crippen LogP) is 2.60. The largest absolute Gasteiger partial charge is 0.464 e. The second-order valence-corrected chi connectivity index (χ2v) is 6.68.